The van der Waals surface area contributed by atoms with Crippen LogP contribution in [0.5, 0.6) is 23.0 Å². The van der Waals surface area contributed by atoms with Crippen LogP contribution in [0, 0.1) is 0 Å². The summed E-state index contributed by atoms with van der Waals surface area (Å²) in [5.41, 5.74) is 3.97. The zero-order valence-corrected chi connectivity index (χ0v) is 21.4. The summed E-state index contributed by atoms with van der Waals surface area (Å²) in [5, 5.41) is 1.93. The van der Waals surface area contributed by atoms with E-state index in [4.69, 9.17) is 28.9 Å². The molecule has 2 aromatic carbocycles. The van der Waals surface area contributed by atoms with E-state index >= 15 is 0 Å². The van der Waals surface area contributed by atoms with Gasteiger partial charge in [0.05, 0.1) is 50.9 Å². The molecule has 0 radical (unpaired) electrons. The van der Waals surface area contributed by atoms with E-state index in [-0.39, 0.29) is 0 Å². The summed E-state index contributed by atoms with van der Waals surface area (Å²) >= 11 is 3.78. The van der Waals surface area contributed by atoms with Crippen LogP contribution >= 0.6 is 23.5 Å². The molecule has 34 heavy (non-hydrogen) atoms. The van der Waals surface area contributed by atoms with Crippen molar-refractivity contribution in [2.24, 2.45) is 0 Å². The molecule has 0 aliphatic carbocycles. The van der Waals surface area contributed by atoms with Gasteiger partial charge in [-0.1, -0.05) is 0 Å². The Bertz CT molecular complexity index is 1180. The van der Waals surface area contributed by atoms with Crippen LogP contribution < -0.4 is 18.9 Å². The third kappa shape index (κ3) is 5.28. The van der Waals surface area contributed by atoms with E-state index in [9.17, 15) is 0 Å². The van der Waals surface area contributed by atoms with E-state index < -0.39 is 0 Å². The molecule has 0 bridgehead atoms. The fourth-order valence-corrected chi connectivity index (χ4v) is 5.74. The summed E-state index contributed by atoms with van der Waals surface area (Å²) in [5.74, 6) is 6.74. The number of pyridine rings is 2. The molecule has 0 aliphatic rings. The minimum absolute atomic E-state index is 0.718. The summed E-state index contributed by atoms with van der Waals surface area (Å²) in [6.07, 6.45) is 0. The molecule has 4 aromatic rings. The molecule has 0 saturated heterocycles. The Morgan fingerprint density at radius 2 is 1.00 bits per heavy atom. The van der Waals surface area contributed by atoms with Crippen LogP contribution in [0.3, 0.4) is 0 Å². The molecule has 4 rings (SSSR count). The summed E-state index contributed by atoms with van der Waals surface area (Å²) < 4.78 is 21.8. The number of nitrogens with zero attached hydrogens (tertiary/aromatic N) is 2. The molecule has 2 aromatic heterocycles. The maximum absolute atomic E-state index is 5.51. The first-order chi connectivity index (χ1) is 16.7. The van der Waals surface area contributed by atoms with Crippen molar-refractivity contribution in [2.75, 3.05) is 39.9 Å². The van der Waals surface area contributed by atoms with E-state index in [1.165, 1.54) is 0 Å². The SMILES string of the molecule is COc1ccc2nc(CSCCSCc3ccc4c(OC)c(OC)ccc4n3)ccc2c1OC. The minimum Gasteiger partial charge on any atom is -0.493 e. The third-order valence-corrected chi connectivity index (χ3v) is 7.65. The molecular formula is C26H28N2O4S2. The van der Waals surface area contributed by atoms with Gasteiger partial charge in [0.2, 0.25) is 0 Å². The first-order valence-corrected chi connectivity index (χ1v) is 13.2. The van der Waals surface area contributed by atoms with E-state index in [0.29, 0.717) is 0 Å². The zero-order chi connectivity index (χ0) is 23.9. The molecular weight excluding hydrogens is 468 g/mol. The van der Waals surface area contributed by atoms with Crippen molar-refractivity contribution >= 4 is 45.3 Å². The van der Waals surface area contributed by atoms with Crippen LogP contribution in [0.4, 0.5) is 0 Å². The Morgan fingerprint density at radius 3 is 1.38 bits per heavy atom. The van der Waals surface area contributed by atoms with Gasteiger partial charge in [-0.25, -0.2) is 0 Å². The van der Waals surface area contributed by atoms with Crippen molar-refractivity contribution in [3.05, 3.63) is 59.9 Å². The average Bonchev–Trinajstić information content (AvgIpc) is 2.88. The fraction of sp³-hybridized carbons (Fsp3) is 0.308. The van der Waals surface area contributed by atoms with Crippen molar-refractivity contribution in [1.29, 1.82) is 0 Å². The predicted molar refractivity (Wildman–Crippen MR) is 142 cm³/mol. The standard InChI is InChI=1S/C26H28N2O4S2/c1-29-23-11-9-21-19(25(23)31-3)7-5-17(27-21)15-33-13-14-34-16-18-6-8-20-22(28-18)10-12-24(30-2)26(20)32-4/h5-12H,13-16H2,1-4H3. The molecule has 8 heteroatoms. The van der Waals surface area contributed by atoms with Crippen LogP contribution in [-0.2, 0) is 11.5 Å². The molecule has 178 valence electrons. The molecule has 0 unspecified atom stereocenters. The van der Waals surface area contributed by atoms with Gasteiger partial charge in [-0.3, -0.25) is 9.97 Å². The van der Waals surface area contributed by atoms with Crippen LogP contribution in [0.15, 0.2) is 48.5 Å². The van der Waals surface area contributed by atoms with Gasteiger partial charge >= 0.3 is 0 Å². The number of benzene rings is 2. The van der Waals surface area contributed by atoms with Gasteiger partial charge in [0, 0.05) is 33.8 Å². The quantitative estimate of drug-likeness (QED) is 0.235. The lowest BCUT2D eigenvalue weighted by Crippen LogP contribution is -1.96. The van der Waals surface area contributed by atoms with Gasteiger partial charge in [0.25, 0.3) is 0 Å². The Hall–Kier alpha value is -2.84. The van der Waals surface area contributed by atoms with Gasteiger partial charge in [-0.15, -0.1) is 0 Å². The Balaban J connectivity index is 1.28. The Kier molecular flexibility index (Phi) is 8.24. The molecule has 0 atom stereocenters. The summed E-state index contributed by atoms with van der Waals surface area (Å²) in [6, 6.07) is 16.0. The maximum atomic E-state index is 5.51. The lowest BCUT2D eigenvalue weighted by atomic mass is 10.1. The monoisotopic (exact) mass is 496 g/mol. The summed E-state index contributed by atoms with van der Waals surface area (Å²) in [4.78, 5) is 9.58. The molecule has 0 fully saturated rings. The number of aromatic nitrogens is 2. The molecule has 0 aliphatic heterocycles. The van der Waals surface area contributed by atoms with Crippen LogP contribution in [0.2, 0.25) is 0 Å². The highest BCUT2D eigenvalue weighted by molar-refractivity contribution is 8.02. The minimum atomic E-state index is 0.718. The maximum Gasteiger partial charge on any atom is 0.170 e. The first-order valence-electron chi connectivity index (χ1n) is 10.8. The summed E-state index contributed by atoms with van der Waals surface area (Å²) in [7, 11) is 6.59. The summed E-state index contributed by atoms with van der Waals surface area (Å²) in [6.45, 7) is 0. The van der Waals surface area contributed by atoms with Gasteiger partial charge in [-0.2, -0.15) is 23.5 Å². The molecule has 0 saturated carbocycles. The highest BCUT2D eigenvalue weighted by Crippen LogP contribution is 2.36. The third-order valence-electron chi connectivity index (χ3n) is 5.41. The topological polar surface area (TPSA) is 62.7 Å². The second-order valence-electron chi connectivity index (χ2n) is 7.45. The lowest BCUT2D eigenvalue weighted by Gasteiger charge is -2.11. The normalized spacial score (nSPS) is 11.1. The zero-order valence-electron chi connectivity index (χ0n) is 19.8. The Labute approximate surface area is 208 Å². The number of hydrogen-bond acceptors (Lipinski definition) is 8. The van der Waals surface area contributed by atoms with E-state index in [1.807, 2.05) is 47.8 Å². The van der Waals surface area contributed by atoms with Crippen LogP contribution in [0.1, 0.15) is 11.4 Å². The number of fused-ring (bicyclic) bond motifs is 2. The highest BCUT2D eigenvalue weighted by atomic mass is 32.2. The lowest BCUT2D eigenvalue weighted by molar-refractivity contribution is 0.358. The van der Waals surface area contributed by atoms with Crippen molar-refractivity contribution < 1.29 is 18.9 Å². The van der Waals surface area contributed by atoms with E-state index in [0.717, 1.165) is 79.2 Å². The number of rotatable bonds is 11. The molecule has 0 spiro atoms. The second kappa shape index (κ2) is 11.5. The number of methoxy groups -OCH3 is 4. The van der Waals surface area contributed by atoms with Crippen LogP contribution in [0.25, 0.3) is 21.8 Å². The van der Waals surface area contributed by atoms with Crippen molar-refractivity contribution in [2.45, 2.75) is 11.5 Å². The number of hydrogen-bond donors (Lipinski definition) is 0. The molecule has 0 N–H and O–H groups in total. The fourth-order valence-electron chi connectivity index (χ4n) is 3.77. The molecule has 6 nitrogen and oxygen atoms in total. The van der Waals surface area contributed by atoms with E-state index in [2.05, 4.69) is 24.3 Å². The average molecular weight is 497 g/mol. The largest absolute Gasteiger partial charge is 0.493 e. The smallest absolute Gasteiger partial charge is 0.170 e. The van der Waals surface area contributed by atoms with Gasteiger partial charge in [0.15, 0.2) is 23.0 Å². The second-order valence-corrected chi connectivity index (χ2v) is 9.66. The van der Waals surface area contributed by atoms with Gasteiger partial charge in [-0.05, 0) is 48.5 Å². The highest BCUT2D eigenvalue weighted by Gasteiger charge is 2.11. The van der Waals surface area contributed by atoms with Crippen molar-refractivity contribution in [1.82, 2.24) is 9.97 Å². The van der Waals surface area contributed by atoms with E-state index in [1.54, 1.807) is 28.4 Å². The predicted octanol–water partition coefficient (Wildman–Crippen LogP) is 5.98. The molecule has 2 heterocycles. The van der Waals surface area contributed by atoms with Gasteiger partial charge in [0.1, 0.15) is 0 Å². The number of ether oxygens (including phenoxy) is 4. The van der Waals surface area contributed by atoms with Crippen LogP contribution in [-0.4, -0.2) is 49.9 Å². The molecule has 0 amide bonds. The Morgan fingerprint density at radius 1 is 0.559 bits per heavy atom. The van der Waals surface area contributed by atoms with Gasteiger partial charge < -0.3 is 18.9 Å². The van der Waals surface area contributed by atoms with Crippen molar-refractivity contribution in [3.63, 3.8) is 0 Å². The first kappa shape index (κ1) is 24.3. The number of thioether (sulfide) groups is 2. The van der Waals surface area contributed by atoms with Crippen molar-refractivity contribution in [3.8, 4) is 23.0 Å².